The lowest BCUT2D eigenvalue weighted by molar-refractivity contribution is -0.126. The molecule has 1 atom stereocenters. The Balaban J connectivity index is 2.10. The third-order valence-corrected chi connectivity index (χ3v) is 6.40. The number of nitrogens with one attached hydrogen (secondary N) is 1. The molecule has 1 heterocycles. The maximum Gasteiger partial charge on any atom is 0.246 e. The van der Waals surface area contributed by atoms with E-state index in [-0.39, 0.29) is 23.3 Å². The van der Waals surface area contributed by atoms with E-state index in [0.29, 0.717) is 38.3 Å². The summed E-state index contributed by atoms with van der Waals surface area (Å²) in [5.41, 5.74) is 0.842. The van der Waals surface area contributed by atoms with Crippen molar-refractivity contribution in [3.05, 3.63) is 23.8 Å². The van der Waals surface area contributed by atoms with Crippen LogP contribution in [0, 0.1) is 12.8 Å². The van der Waals surface area contributed by atoms with Crippen LogP contribution in [-0.2, 0) is 19.6 Å². The molecule has 1 N–H and O–H groups in total. The van der Waals surface area contributed by atoms with Crippen LogP contribution in [0.1, 0.15) is 24.8 Å². The first kappa shape index (κ1) is 20.7. The molecule has 0 aromatic heterocycles. The second kappa shape index (κ2) is 9.34. The van der Waals surface area contributed by atoms with Crippen molar-refractivity contribution >= 4 is 15.9 Å². The fourth-order valence-corrected chi connectivity index (χ4v) is 4.84. The third kappa shape index (κ3) is 4.96. The molecule has 1 aromatic rings. The molecule has 7 nitrogen and oxygen atoms in total. The number of amides is 1. The number of ether oxygens (including phenoxy) is 2. The topological polar surface area (TPSA) is 84.9 Å². The number of carbonyl (C=O) groups is 1. The lowest BCUT2D eigenvalue weighted by atomic mass is 9.99. The van der Waals surface area contributed by atoms with Crippen LogP contribution in [0.15, 0.2) is 23.1 Å². The lowest BCUT2D eigenvalue weighted by Crippen LogP contribution is -2.45. The van der Waals surface area contributed by atoms with Gasteiger partial charge in [-0.25, -0.2) is 8.42 Å². The van der Waals surface area contributed by atoms with E-state index >= 15 is 0 Å². The molecule has 26 heavy (non-hydrogen) atoms. The van der Waals surface area contributed by atoms with Gasteiger partial charge in [0.1, 0.15) is 10.6 Å². The van der Waals surface area contributed by atoms with Gasteiger partial charge in [0.15, 0.2) is 0 Å². The van der Waals surface area contributed by atoms with E-state index in [1.807, 2.05) is 13.0 Å². The minimum Gasteiger partial charge on any atom is -0.495 e. The van der Waals surface area contributed by atoms with Crippen molar-refractivity contribution < 1.29 is 22.7 Å². The van der Waals surface area contributed by atoms with Gasteiger partial charge in [-0.15, -0.1) is 0 Å². The molecular formula is C18H28N2O5S. The molecule has 1 aliphatic heterocycles. The van der Waals surface area contributed by atoms with E-state index in [1.54, 1.807) is 19.2 Å². The van der Waals surface area contributed by atoms with Gasteiger partial charge in [-0.1, -0.05) is 6.07 Å². The van der Waals surface area contributed by atoms with Gasteiger partial charge in [-0.3, -0.25) is 4.79 Å². The van der Waals surface area contributed by atoms with Gasteiger partial charge in [0.25, 0.3) is 0 Å². The second-order valence-electron chi connectivity index (χ2n) is 6.49. The molecule has 0 radical (unpaired) electrons. The highest BCUT2D eigenvalue weighted by atomic mass is 32.2. The minimum absolute atomic E-state index is 0.0998. The summed E-state index contributed by atoms with van der Waals surface area (Å²) in [6, 6.07) is 5.08. The zero-order valence-electron chi connectivity index (χ0n) is 15.7. The van der Waals surface area contributed by atoms with Crippen LogP contribution in [0.2, 0.25) is 0 Å². The number of hydrogen-bond donors (Lipinski definition) is 1. The Morgan fingerprint density at radius 1 is 1.35 bits per heavy atom. The van der Waals surface area contributed by atoms with Crippen LogP contribution in [0.5, 0.6) is 5.75 Å². The van der Waals surface area contributed by atoms with Crippen LogP contribution >= 0.6 is 0 Å². The zero-order valence-corrected chi connectivity index (χ0v) is 16.5. The number of piperidine rings is 1. The van der Waals surface area contributed by atoms with E-state index in [1.165, 1.54) is 11.4 Å². The molecule has 146 valence electrons. The van der Waals surface area contributed by atoms with E-state index in [9.17, 15) is 13.2 Å². The number of benzene rings is 1. The molecule has 1 fully saturated rings. The lowest BCUT2D eigenvalue weighted by Gasteiger charge is -2.31. The number of sulfonamides is 1. The van der Waals surface area contributed by atoms with Crippen molar-refractivity contribution in [3.8, 4) is 5.75 Å². The standard InChI is InChI=1S/C18H28N2O5S/c1-14-7-8-16(25-3)17(12-14)26(22,23)20-10-4-6-15(13-20)18(21)19-9-5-11-24-2/h7-8,12,15H,4-6,9-11,13H2,1-3H3,(H,19,21)/t15-/m1/s1. The van der Waals surface area contributed by atoms with Gasteiger partial charge < -0.3 is 14.8 Å². The average molecular weight is 384 g/mol. The largest absolute Gasteiger partial charge is 0.495 e. The van der Waals surface area contributed by atoms with Gasteiger partial charge in [0, 0.05) is 33.4 Å². The van der Waals surface area contributed by atoms with Crippen LogP contribution in [-0.4, -0.2) is 59.1 Å². The molecule has 1 amide bonds. The number of aryl methyl sites for hydroxylation is 1. The Kier molecular flexibility index (Phi) is 7.43. The van der Waals surface area contributed by atoms with Gasteiger partial charge in [-0.2, -0.15) is 4.31 Å². The van der Waals surface area contributed by atoms with Crippen molar-refractivity contribution in [1.29, 1.82) is 0 Å². The summed E-state index contributed by atoms with van der Waals surface area (Å²) in [4.78, 5) is 12.5. The monoisotopic (exact) mass is 384 g/mol. The first-order chi connectivity index (χ1) is 12.4. The fraction of sp³-hybridized carbons (Fsp3) is 0.611. The molecule has 8 heteroatoms. The second-order valence-corrected chi connectivity index (χ2v) is 8.40. The highest BCUT2D eigenvalue weighted by Crippen LogP contribution is 2.30. The predicted molar refractivity (Wildman–Crippen MR) is 98.7 cm³/mol. The summed E-state index contributed by atoms with van der Waals surface area (Å²) in [6.45, 7) is 3.55. The maximum absolute atomic E-state index is 13.1. The molecule has 1 aromatic carbocycles. The summed E-state index contributed by atoms with van der Waals surface area (Å²) in [5.74, 6) is -0.115. The van der Waals surface area contributed by atoms with E-state index in [2.05, 4.69) is 5.32 Å². The Morgan fingerprint density at radius 3 is 2.81 bits per heavy atom. The van der Waals surface area contributed by atoms with Crippen molar-refractivity contribution in [2.75, 3.05) is 40.5 Å². The molecule has 1 aliphatic rings. The smallest absolute Gasteiger partial charge is 0.246 e. The zero-order chi connectivity index (χ0) is 19.2. The molecular weight excluding hydrogens is 356 g/mol. The quantitative estimate of drug-likeness (QED) is 0.688. The number of methoxy groups -OCH3 is 2. The molecule has 0 saturated carbocycles. The number of nitrogens with zero attached hydrogens (tertiary/aromatic N) is 1. The molecule has 0 aliphatic carbocycles. The van der Waals surface area contributed by atoms with Crippen molar-refractivity contribution in [2.45, 2.75) is 31.1 Å². The molecule has 1 saturated heterocycles. The van der Waals surface area contributed by atoms with E-state index < -0.39 is 10.0 Å². The summed E-state index contributed by atoms with van der Waals surface area (Å²) in [5, 5.41) is 2.87. The highest BCUT2D eigenvalue weighted by Gasteiger charge is 2.34. The van der Waals surface area contributed by atoms with Crippen molar-refractivity contribution in [1.82, 2.24) is 9.62 Å². The first-order valence-electron chi connectivity index (χ1n) is 8.81. The van der Waals surface area contributed by atoms with Gasteiger partial charge in [0.2, 0.25) is 15.9 Å². The number of carbonyl (C=O) groups excluding carboxylic acids is 1. The molecule has 0 bridgehead atoms. The summed E-state index contributed by atoms with van der Waals surface area (Å²) in [7, 11) is -0.644. The van der Waals surface area contributed by atoms with Crippen LogP contribution < -0.4 is 10.1 Å². The van der Waals surface area contributed by atoms with Crippen molar-refractivity contribution in [3.63, 3.8) is 0 Å². The molecule has 0 spiro atoms. The maximum atomic E-state index is 13.1. The Hall–Kier alpha value is -1.64. The van der Waals surface area contributed by atoms with Crippen molar-refractivity contribution in [2.24, 2.45) is 5.92 Å². The van der Waals surface area contributed by atoms with Gasteiger partial charge in [-0.05, 0) is 43.9 Å². The Morgan fingerprint density at radius 2 is 2.12 bits per heavy atom. The highest BCUT2D eigenvalue weighted by molar-refractivity contribution is 7.89. The Labute approximate surface area is 155 Å². The number of rotatable bonds is 8. The van der Waals surface area contributed by atoms with E-state index in [4.69, 9.17) is 9.47 Å². The number of hydrogen-bond acceptors (Lipinski definition) is 5. The average Bonchev–Trinajstić information content (AvgIpc) is 2.65. The van der Waals surface area contributed by atoms with Gasteiger partial charge >= 0.3 is 0 Å². The normalized spacial score (nSPS) is 18.5. The summed E-state index contributed by atoms with van der Waals surface area (Å²) in [6.07, 6.45) is 2.08. The summed E-state index contributed by atoms with van der Waals surface area (Å²) >= 11 is 0. The van der Waals surface area contributed by atoms with Crippen LogP contribution in [0.3, 0.4) is 0 Å². The Bertz CT molecular complexity index is 720. The third-order valence-electron chi connectivity index (χ3n) is 4.52. The molecule has 2 rings (SSSR count). The summed E-state index contributed by atoms with van der Waals surface area (Å²) < 4.78 is 37.8. The van der Waals surface area contributed by atoms with Crippen LogP contribution in [0.4, 0.5) is 0 Å². The van der Waals surface area contributed by atoms with E-state index in [0.717, 1.165) is 12.0 Å². The fourth-order valence-electron chi connectivity index (χ4n) is 3.07. The predicted octanol–water partition coefficient (Wildman–Crippen LogP) is 1.56. The SMILES string of the molecule is COCCCNC(=O)[C@@H]1CCCN(S(=O)(=O)c2cc(C)ccc2OC)C1. The van der Waals surface area contributed by atoms with Gasteiger partial charge in [0.05, 0.1) is 13.0 Å². The minimum atomic E-state index is -3.71. The van der Waals surface area contributed by atoms with Crippen LogP contribution in [0.25, 0.3) is 0 Å². The first-order valence-corrected chi connectivity index (χ1v) is 10.3. The molecule has 0 unspecified atom stereocenters.